The number of nitrogens with zero attached hydrogens (tertiary/aromatic N) is 2. The van der Waals surface area contributed by atoms with Crippen molar-refractivity contribution >= 4 is 66.3 Å². The largest absolute Gasteiger partial charge is 0.326 e. The molecule has 2 N–H and O–H groups in total. The van der Waals surface area contributed by atoms with Gasteiger partial charge in [0.05, 0.1) is 31.3 Å². The summed E-state index contributed by atoms with van der Waals surface area (Å²) in [4.78, 5) is 37.8. The standard InChI is InChI=1S/C40H36N4O2S2/c1-23-3-13-31-33(15-23)47-35(43-31)27-5-9-29(10-6-27)41-37(45)39-18-25-17-26(19-39)21-40(20-25,22-39)38(46)42-30-11-7-28(8-12-30)36-44-32-14-4-24(2)16-34(32)48-36/h3-16,25-26H,17-22H2,1-2H3,(H,41,45)(H,42,46). The second-order valence-corrected chi connectivity index (χ2v) is 16.6. The van der Waals surface area contributed by atoms with E-state index < -0.39 is 10.8 Å². The monoisotopic (exact) mass is 668 g/mol. The van der Waals surface area contributed by atoms with Crippen LogP contribution in [-0.4, -0.2) is 21.8 Å². The predicted molar refractivity (Wildman–Crippen MR) is 196 cm³/mol. The van der Waals surface area contributed by atoms with Crippen LogP contribution in [0.4, 0.5) is 11.4 Å². The Hall–Kier alpha value is -4.40. The predicted octanol–water partition coefficient (Wildman–Crippen LogP) is 10.0. The number of amides is 2. The van der Waals surface area contributed by atoms with E-state index in [0.717, 1.165) is 75.7 Å². The van der Waals surface area contributed by atoms with Gasteiger partial charge in [-0.2, -0.15) is 0 Å². The maximum atomic E-state index is 14.1. The number of benzene rings is 4. The van der Waals surface area contributed by atoms with Gasteiger partial charge in [0, 0.05) is 22.5 Å². The van der Waals surface area contributed by atoms with E-state index in [1.807, 2.05) is 48.5 Å². The number of hydrogen-bond acceptors (Lipinski definition) is 6. The molecule has 48 heavy (non-hydrogen) atoms. The Balaban J connectivity index is 0.903. The first kappa shape index (κ1) is 29.7. The highest BCUT2D eigenvalue weighted by molar-refractivity contribution is 7.22. The summed E-state index contributed by atoms with van der Waals surface area (Å²) in [7, 11) is 0. The number of fused-ring (bicyclic) bond motifs is 2. The highest BCUT2D eigenvalue weighted by Gasteiger charge is 2.63. The Morgan fingerprint density at radius 3 is 1.46 bits per heavy atom. The number of carbonyl (C=O) groups excluding carboxylic acids is 2. The minimum absolute atomic E-state index is 0.0624. The Kier molecular flexibility index (Phi) is 6.85. The molecular weight excluding hydrogens is 633 g/mol. The number of anilines is 2. The van der Waals surface area contributed by atoms with Crippen LogP contribution in [0.25, 0.3) is 41.6 Å². The minimum atomic E-state index is -0.514. The molecule has 4 aliphatic rings. The van der Waals surface area contributed by atoms with Crippen molar-refractivity contribution in [3.05, 3.63) is 96.1 Å². The topological polar surface area (TPSA) is 84.0 Å². The fourth-order valence-corrected chi connectivity index (χ4v) is 11.2. The number of aromatic nitrogens is 2. The van der Waals surface area contributed by atoms with E-state index in [0.29, 0.717) is 18.3 Å². The fraction of sp³-hybridized carbons (Fsp3) is 0.300. The van der Waals surface area contributed by atoms with Crippen LogP contribution in [-0.2, 0) is 9.59 Å². The van der Waals surface area contributed by atoms with Crippen LogP contribution in [0.5, 0.6) is 0 Å². The molecule has 10 rings (SSSR count). The maximum Gasteiger partial charge on any atom is 0.230 e. The lowest BCUT2D eigenvalue weighted by atomic mass is 9.43. The first-order valence-corrected chi connectivity index (χ1v) is 18.4. The zero-order valence-electron chi connectivity index (χ0n) is 27.0. The zero-order chi connectivity index (χ0) is 32.6. The molecule has 4 aromatic carbocycles. The van der Waals surface area contributed by atoms with Crippen molar-refractivity contribution in [2.75, 3.05) is 10.6 Å². The molecule has 4 saturated carbocycles. The molecule has 0 spiro atoms. The van der Waals surface area contributed by atoms with E-state index in [4.69, 9.17) is 9.97 Å². The van der Waals surface area contributed by atoms with Gasteiger partial charge in [-0.15, -0.1) is 22.7 Å². The number of hydrogen-bond donors (Lipinski definition) is 2. The third kappa shape index (κ3) is 5.13. The average Bonchev–Trinajstić information content (AvgIpc) is 3.69. The van der Waals surface area contributed by atoms with E-state index in [1.54, 1.807) is 22.7 Å². The molecular formula is C40H36N4O2S2. The van der Waals surface area contributed by atoms with Crippen molar-refractivity contribution in [1.29, 1.82) is 0 Å². The molecule has 6 aromatic rings. The van der Waals surface area contributed by atoms with Crippen molar-refractivity contribution < 1.29 is 9.59 Å². The van der Waals surface area contributed by atoms with E-state index in [-0.39, 0.29) is 11.8 Å². The van der Waals surface area contributed by atoms with Crippen LogP contribution in [0.3, 0.4) is 0 Å². The number of nitrogens with one attached hydrogen (secondary N) is 2. The Morgan fingerprint density at radius 1 is 0.625 bits per heavy atom. The van der Waals surface area contributed by atoms with Gasteiger partial charge in [-0.3, -0.25) is 9.59 Å². The normalized spacial score (nSPS) is 24.3. The van der Waals surface area contributed by atoms with Gasteiger partial charge in [-0.25, -0.2) is 9.97 Å². The first-order valence-electron chi connectivity index (χ1n) is 16.8. The van der Waals surface area contributed by atoms with Crippen LogP contribution >= 0.6 is 22.7 Å². The molecule has 8 heteroatoms. The molecule has 2 amide bonds. The number of aryl methyl sites for hydroxylation is 2. The molecule has 6 nitrogen and oxygen atoms in total. The van der Waals surface area contributed by atoms with Gasteiger partial charge in [-0.05, 0) is 148 Å². The summed E-state index contributed by atoms with van der Waals surface area (Å²) in [6.45, 7) is 4.19. The van der Waals surface area contributed by atoms with Crippen LogP contribution < -0.4 is 10.6 Å². The second kappa shape index (κ2) is 11.1. The fourth-order valence-electron chi connectivity index (χ4n) is 9.02. The van der Waals surface area contributed by atoms with E-state index in [1.165, 1.54) is 20.5 Å². The lowest BCUT2D eigenvalue weighted by molar-refractivity contribution is -0.161. The van der Waals surface area contributed by atoms with Crippen molar-refractivity contribution in [2.45, 2.75) is 52.4 Å². The number of carbonyl (C=O) groups is 2. The number of thiazole rings is 2. The lowest BCUT2D eigenvalue weighted by Crippen LogP contribution is -2.59. The Bertz CT molecular complexity index is 2060. The van der Waals surface area contributed by atoms with Crippen molar-refractivity contribution in [3.8, 4) is 21.1 Å². The Labute approximate surface area is 287 Å². The highest BCUT2D eigenvalue weighted by Crippen LogP contribution is 2.65. The van der Waals surface area contributed by atoms with Gasteiger partial charge in [-0.1, -0.05) is 12.1 Å². The summed E-state index contributed by atoms with van der Waals surface area (Å²) in [5, 5.41) is 8.47. The van der Waals surface area contributed by atoms with Gasteiger partial charge in [0.25, 0.3) is 0 Å². The summed E-state index contributed by atoms with van der Waals surface area (Å²) in [6.07, 6.45) is 5.19. The third-order valence-corrected chi connectivity index (χ3v) is 13.0. The van der Waals surface area contributed by atoms with Crippen LogP contribution in [0.15, 0.2) is 84.9 Å². The summed E-state index contributed by atoms with van der Waals surface area (Å²) in [5.74, 6) is 0.926. The average molecular weight is 669 g/mol. The van der Waals surface area contributed by atoms with Crippen LogP contribution in [0, 0.1) is 36.5 Å². The molecule has 0 aliphatic heterocycles. The molecule has 4 fully saturated rings. The Morgan fingerprint density at radius 2 is 1.04 bits per heavy atom. The smallest absolute Gasteiger partial charge is 0.230 e. The minimum Gasteiger partial charge on any atom is -0.326 e. The van der Waals surface area contributed by atoms with E-state index >= 15 is 0 Å². The molecule has 2 heterocycles. The van der Waals surface area contributed by atoms with Gasteiger partial charge < -0.3 is 10.6 Å². The molecule has 4 aliphatic carbocycles. The molecule has 4 bridgehead atoms. The molecule has 0 atom stereocenters. The summed E-state index contributed by atoms with van der Waals surface area (Å²) in [5.41, 5.74) is 7.11. The van der Waals surface area contributed by atoms with E-state index in [2.05, 4.69) is 60.9 Å². The van der Waals surface area contributed by atoms with Gasteiger partial charge in [0.2, 0.25) is 11.8 Å². The summed E-state index contributed by atoms with van der Waals surface area (Å²) < 4.78 is 2.36. The van der Waals surface area contributed by atoms with Crippen molar-refractivity contribution in [2.24, 2.45) is 22.7 Å². The SMILES string of the molecule is Cc1ccc2nc(-c3ccc(NC(=O)C45CC6CC(C4)CC(C(=O)Nc4ccc(-c7nc8ccc(C)cc8s7)cc4)(C6)C5)cc3)sc2c1. The molecule has 0 unspecified atom stereocenters. The van der Waals surface area contributed by atoms with Gasteiger partial charge >= 0.3 is 0 Å². The molecule has 2 aromatic heterocycles. The zero-order valence-corrected chi connectivity index (χ0v) is 28.6. The molecule has 240 valence electrons. The number of rotatable bonds is 6. The van der Waals surface area contributed by atoms with E-state index in [9.17, 15) is 9.59 Å². The van der Waals surface area contributed by atoms with Crippen molar-refractivity contribution in [3.63, 3.8) is 0 Å². The lowest BCUT2D eigenvalue weighted by Gasteiger charge is -2.60. The maximum absolute atomic E-state index is 14.1. The molecule has 0 radical (unpaired) electrons. The third-order valence-electron chi connectivity index (χ3n) is 10.9. The molecule has 0 saturated heterocycles. The van der Waals surface area contributed by atoms with Crippen LogP contribution in [0.2, 0.25) is 0 Å². The highest BCUT2D eigenvalue weighted by atomic mass is 32.1. The van der Waals surface area contributed by atoms with Gasteiger partial charge in [0.1, 0.15) is 10.0 Å². The quantitative estimate of drug-likeness (QED) is 0.185. The summed E-state index contributed by atoms with van der Waals surface area (Å²) in [6, 6.07) is 28.7. The second-order valence-electron chi connectivity index (χ2n) is 14.6. The summed E-state index contributed by atoms with van der Waals surface area (Å²) >= 11 is 3.37. The van der Waals surface area contributed by atoms with Crippen LogP contribution in [0.1, 0.15) is 49.7 Å². The van der Waals surface area contributed by atoms with Crippen molar-refractivity contribution in [1.82, 2.24) is 9.97 Å². The van der Waals surface area contributed by atoms with Gasteiger partial charge in [0.15, 0.2) is 0 Å². The first-order chi connectivity index (χ1) is 23.2.